The van der Waals surface area contributed by atoms with Crippen LogP contribution in [0.1, 0.15) is 74.8 Å². The fourth-order valence-corrected chi connectivity index (χ4v) is 6.63. The van der Waals surface area contributed by atoms with Crippen LogP contribution in [0.2, 0.25) is 0 Å². The summed E-state index contributed by atoms with van der Waals surface area (Å²) in [6, 6.07) is 8.61. The van der Waals surface area contributed by atoms with Crippen molar-refractivity contribution in [3.63, 3.8) is 0 Å². The molecule has 1 aliphatic heterocycles. The smallest absolute Gasteiger partial charge is 0.450 e. The monoisotopic (exact) mass is 766 g/mol. The SMILES string of the molecule is CC(C)C[C@@H](NC(=O)[C@@H](Cc1ccccc1)NC(=O)c1cnccn1)B1OCCCCN(CCCCOC(=O)NC(PO)P(=O)(O)O)CCCCO1. The van der Waals surface area contributed by atoms with Crippen molar-refractivity contribution in [1.29, 1.82) is 0 Å². The van der Waals surface area contributed by atoms with Crippen LogP contribution in [0.25, 0.3) is 0 Å². The minimum absolute atomic E-state index is 0.0837. The number of carbonyl (C=O) groups is 3. The molecule has 1 aromatic carbocycles. The maximum atomic E-state index is 13.9. The largest absolute Gasteiger partial charge is 0.480 e. The number of hydrogen-bond donors (Lipinski definition) is 6. The van der Waals surface area contributed by atoms with Gasteiger partial charge in [0.1, 0.15) is 11.7 Å². The molecule has 0 spiro atoms. The van der Waals surface area contributed by atoms with E-state index in [1.54, 1.807) is 0 Å². The van der Waals surface area contributed by atoms with E-state index in [4.69, 9.17) is 28.7 Å². The van der Waals surface area contributed by atoms with E-state index >= 15 is 0 Å². The van der Waals surface area contributed by atoms with E-state index in [0.717, 1.165) is 57.3 Å². The zero-order valence-corrected chi connectivity index (χ0v) is 31.8. The zero-order valence-electron chi connectivity index (χ0n) is 29.9. The Bertz CT molecular complexity index is 1380. The van der Waals surface area contributed by atoms with Gasteiger partial charge in [-0.3, -0.25) is 19.1 Å². The van der Waals surface area contributed by atoms with Crippen LogP contribution in [-0.2, 0) is 29.8 Å². The molecule has 1 aromatic heterocycles. The van der Waals surface area contributed by atoms with Crippen molar-refractivity contribution >= 4 is 41.4 Å². The molecule has 6 N–H and O–H groups in total. The molecule has 288 valence electrons. The molecular weight excluding hydrogens is 713 g/mol. The van der Waals surface area contributed by atoms with Crippen molar-refractivity contribution < 1.29 is 47.7 Å². The number of unbranched alkanes of at least 4 members (excludes halogenated alkanes) is 1. The molecule has 3 rings (SSSR count). The van der Waals surface area contributed by atoms with Crippen molar-refractivity contribution in [2.24, 2.45) is 5.92 Å². The first-order valence-corrected chi connectivity index (χ1v) is 20.4. The number of hydrogen-bond acceptors (Lipinski definition) is 11. The first kappa shape index (κ1) is 43.4. The molecule has 0 radical (unpaired) electrons. The Morgan fingerprint density at radius 3 is 2.29 bits per heavy atom. The molecule has 1 aliphatic rings. The highest BCUT2D eigenvalue weighted by atomic mass is 31.2. The number of carbonyl (C=O) groups excluding carboxylic acids is 3. The number of nitrogens with zero attached hydrogens (tertiary/aromatic N) is 3. The fourth-order valence-electron chi connectivity index (χ4n) is 5.57. The van der Waals surface area contributed by atoms with Gasteiger partial charge in [0.2, 0.25) is 5.91 Å². The molecular formula is C33H53BN6O10P2. The lowest BCUT2D eigenvalue weighted by Crippen LogP contribution is -2.56. The molecule has 0 aliphatic carbocycles. The number of aromatic nitrogens is 2. The van der Waals surface area contributed by atoms with Gasteiger partial charge in [0, 0.05) is 40.8 Å². The maximum Gasteiger partial charge on any atom is 0.480 e. The molecule has 3 amide bonds. The minimum Gasteiger partial charge on any atom is -0.450 e. The second-order valence-electron chi connectivity index (χ2n) is 13.0. The van der Waals surface area contributed by atoms with Crippen LogP contribution in [0.5, 0.6) is 0 Å². The fraction of sp³-hybridized carbons (Fsp3) is 0.606. The van der Waals surface area contributed by atoms with Gasteiger partial charge in [-0.25, -0.2) is 9.78 Å². The van der Waals surface area contributed by atoms with E-state index in [1.165, 1.54) is 18.6 Å². The van der Waals surface area contributed by atoms with Crippen LogP contribution >= 0.6 is 16.4 Å². The third-order valence-electron chi connectivity index (χ3n) is 8.20. The van der Waals surface area contributed by atoms with Crippen LogP contribution < -0.4 is 16.0 Å². The molecule has 1 saturated heterocycles. The third kappa shape index (κ3) is 16.8. The van der Waals surface area contributed by atoms with Gasteiger partial charge < -0.3 is 49.6 Å². The first-order chi connectivity index (χ1) is 25.0. The lowest BCUT2D eigenvalue weighted by Gasteiger charge is -2.29. The molecule has 0 saturated carbocycles. The molecule has 2 aromatic rings. The highest BCUT2D eigenvalue weighted by Gasteiger charge is 2.35. The van der Waals surface area contributed by atoms with Crippen molar-refractivity contribution in [1.82, 2.24) is 30.8 Å². The third-order valence-corrected chi connectivity index (χ3v) is 10.7. The highest BCUT2D eigenvalue weighted by Crippen LogP contribution is 2.46. The minimum atomic E-state index is -4.67. The average molecular weight is 767 g/mol. The van der Waals surface area contributed by atoms with Crippen molar-refractivity contribution in [2.45, 2.75) is 82.7 Å². The van der Waals surface area contributed by atoms with E-state index in [2.05, 4.69) is 39.3 Å². The summed E-state index contributed by atoms with van der Waals surface area (Å²) >= 11 is 0. The second-order valence-corrected chi connectivity index (χ2v) is 16.0. The van der Waals surface area contributed by atoms with Gasteiger partial charge in [-0.2, -0.15) is 0 Å². The summed E-state index contributed by atoms with van der Waals surface area (Å²) < 4.78 is 28.8. The molecule has 1 fully saturated rings. The average Bonchev–Trinajstić information content (AvgIpc) is 3.10. The summed E-state index contributed by atoms with van der Waals surface area (Å²) in [5, 5.41) is 7.99. The Labute approximate surface area is 307 Å². The highest BCUT2D eigenvalue weighted by molar-refractivity contribution is 7.63. The van der Waals surface area contributed by atoms with Crippen LogP contribution in [0.3, 0.4) is 0 Å². The lowest BCUT2D eigenvalue weighted by molar-refractivity contribution is -0.123. The first-order valence-electron chi connectivity index (χ1n) is 17.7. The van der Waals surface area contributed by atoms with Crippen molar-refractivity contribution in [3.05, 3.63) is 60.2 Å². The van der Waals surface area contributed by atoms with Crippen LogP contribution in [0, 0.1) is 5.92 Å². The Balaban J connectivity index is 1.52. The van der Waals surface area contributed by atoms with E-state index in [1.807, 2.05) is 35.6 Å². The molecule has 4 atom stereocenters. The van der Waals surface area contributed by atoms with Gasteiger partial charge in [0.05, 0.1) is 18.7 Å². The molecule has 2 unspecified atom stereocenters. The maximum absolute atomic E-state index is 13.9. The van der Waals surface area contributed by atoms with E-state index < -0.39 is 53.0 Å². The molecule has 16 nitrogen and oxygen atoms in total. The quantitative estimate of drug-likeness (QED) is 0.0776. The van der Waals surface area contributed by atoms with Gasteiger partial charge in [-0.05, 0) is 76.1 Å². The molecule has 19 heteroatoms. The standard InChI is InChI=1S/C33H53BN6O10P2/c1-25(2)22-29(38-30(41)27(23-26-12-4-3-5-13-26)37-31(42)28-24-35-14-15-36-28)34-49-20-10-7-17-40(18-8-11-21-50-34)16-6-9-19-48-32(43)39-33(51-44)52(45,46)47/h3-5,12-15,24-25,27,29,33,44,51H,6-11,16-23H2,1-2H3,(H,37,42)(H,38,41)(H,39,43)(H2,45,46,47)/t27-,29-,33?/m1/s1. The summed E-state index contributed by atoms with van der Waals surface area (Å²) in [5.74, 6) is -1.06. The Morgan fingerprint density at radius 1 is 1.00 bits per heavy atom. The van der Waals surface area contributed by atoms with Crippen LogP contribution in [0.4, 0.5) is 4.79 Å². The number of amides is 3. The van der Waals surface area contributed by atoms with Gasteiger partial charge in [-0.1, -0.05) is 44.2 Å². The summed E-state index contributed by atoms with van der Waals surface area (Å²) in [6.07, 6.45) is 8.81. The molecule has 52 heavy (non-hydrogen) atoms. The van der Waals surface area contributed by atoms with Crippen molar-refractivity contribution in [2.75, 3.05) is 39.5 Å². The number of alkyl carbamates (subject to hydrolysis) is 1. The van der Waals surface area contributed by atoms with E-state index in [0.29, 0.717) is 26.1 Å². The summed E-state index contributed by atoms with van der Waals surface area (Å²) in [6.45, 7) is 7.60. The molecule has 2 heterocycles. The summed E-state index contributed by atoms with van der Waals surface area (Å²) in [4.78, 5) is 76.5. The van der Waals surface area contributed by atoms with E-state index in [9.17, 15) is 18.9 Å². The number of nitrogens with one attached hydrogen (secondary N) is 3. The van der Waals surface area contributed by atoms with Gasteiger partial charge >= 0.3 is 20.8 Å². The topological polar surface area (TPSA) is 222 Å². The Morgan fingerprint density at radius 2 is 1.69 bits per heavy atom. The predicted molar refractivity (Wildman–Crippen MR) is 197 cm³/mol. The Hall–Kier alpha value is -3.01. The van der Waals surface area contributed by atoms with Crippen LogP contribution in [0.15, 0.2) is 48.9 Å². The number of benzene rings is 1. The van der Waals surface area contributed by atoms with E-state index in [-0.39, 0.29) is 30.5 Å². The Kier molecular flexibility index (Phi) is 19.7. The van der Waals surface area contributed by atoms with Gasteiger partial charge in [0.25, 0.3) is 5.91 Å². The van der Waals surface area contributed by atoms with Crippen LogP contribution in [-0.4, -0.2) is 112 Å². The normalized spacial score (nSPS) is 17.1. The van der Waals surface area contributed by atoms with Gasteiger partial charge in [0.15, 0.2) is 5.52 Å². The van der Waals surface area contributed by atoms with Gasteiger partial charge in [-0.15, -0.1) is 0 Å². The lowest BCUT2D eigenvalue weighted by atomic mass is 9.73. The number of rotatable bonds is 17. The predicted octanol–water partition coefficient (Wildman–Crippen LogP) is 2.84. The summed E-state index contributed by atoms with van der Waals surface area (Å²) in [5.41, 5.74) is -0.659. The summed E-state index contributed by atoms with van der Waals surface area (Å²) in [7, 11) is -6.48. The zero-order chi connectivity index (χ0) is 37.8. The van der Waals surface area contributed by atoms with Crippen molar-refractivity contribution in [3.8, 4) is 0 Å². The molecule has 0 bridgehead atoms. The number of ether oxygens (including phenoxy) is 1. The second kappa shape index (κ2) is 23.6.